The van der Waals surface area contributed by atoms with E-state index in [1.807, 2.05) is 25.6 Å². The summed E-state index contributed by atoms with van der Waals surface area (Å²) in [6.07, 6.45) is 1.04. The van der Waals surface area contributed by atoms with E-state index in [0.717, 1.165) is 44.1 Å². The number of rotatable bonds is 7. The largest absolute Gasteiger partial charge is 0.352 e. The van der Waals surface area contributed by atoms with Crippen LogP contribution in [0.5, 0.6) is 0 Å². The van der Waals surface area contributed by atoms with Gasteiger partial charge in [-0.05, 0) is 38.7 Å². The molecule has 0 aromatic rings. The standard InChI is InChI=1S/C14H29N3OS/c1-5-19-11-6-12(2)16-13(18)14(3,4)17-9-7-15-8-10-17/h12,15H,5-11H2,1-4H3,(H,16,18). The fraction of sp³-hybridized carbons (Fsp3) is 0.929. The lowest BCUT2D eigenvalue weighted by atomic mass is 10.00. The van der Waals surface area contributed by atoms with Crippen LogP contribution in [0.25, 0.3) is 0 Å². The minimum atomic E-state index is -0.408. The number of thioether (sulfide) groups is 1. The van der Waals surface area contributed by atoms with Crippen molar-refractivity contribution in [2.75, 3.05) is 37.7 Å². The van der Waals surface area contributed by atoms with E-state index in [1.165, 1.54) is 0 Å². The molecule has 1 unspecified atom stereocenters. The molecule has 0 aliphatic carbocycles. The molecule has 1 amide bonds. The highest BCUT2D eigenvalue weighted by atomic mass is 32.2. The average Bonchev–Trinajstić information content (AvgIpc) is 2.40. The Kier molecular flexibility index (Phi) is 7.18. The summed E-state index contributed by atoms with van der Waals surface area (Å²) >= 11 is 1.93. The lowest BCUT2D eigenvalue weighted by Crippen LogP contribution is -2.60. The SMILES string of the molecule is CCSCCC(C)NC(=O)C(C)(C)N1CCNCC1. The quantitative estimate of drug-likeness (QED) is 0.693. The van der Waals surface area contributed by atoms with Crippen LogP contribution in [0.2, 0.25) is 0 Å². The Morgan fingerprint density at radius 1 is 1.42 bits per heavy atom. The number of hydrogen-bond acceptors (Lipinski definition) is 4. The molecule has 0 aromatic carbocycles. The Balaban J connectivity index is 2.41. The maximum absolute atomic E-state index is 12.4. The molecule has 1 fully saturated rings. The Hall–Kier alpha value is -0.260. The second-order valence-corrected chi connectivity index (χ2v) is 7.05. The third-order valence-electron chi connectivity index (χ3n) is 3.74. The number of hydrogen-bond donors (Lipinski definition) is 2. The molecule has 4 nitrogen and oxygen atoms in total. The van der Waals surface area contributed by atoms with Crippen LogP contribution < -0.4 is 10.6 Å². The maximum Gasteiger partial charge on any atom is 0.240 e. The summed E-state index contributed by atoms with van der Waals surface area (Å²) in [7, 11) is 0. The van der Waals surface area contributed by atoms with Gasteiger partial charge in [-0.1, -0.05) is 6.92 Å². The zero-order valence-corrected chi connectivity index (χ0v) is 13.6. The van der Waals surface area contributed by atoms with Gasteiger partial charge in [-0.3, -0.25) is 9.69 Å². The maximum atomic E-state index is 12.4. The highest BCUT2D eigenvalue weighted by Crippen LogP contribution is 2.16. The predicted octanol–water partition coefficient (Wildman–Crippen LogP) is 1.32. The molecule has 1 heterocycles. The topological polar surface area (TPSA) is 44.4 Å². The predicted molar refractivity (Wildman–Crippen MR) is 83.7 cm³/mol. The lowest BCUT2D eigenvalue weighted by molar-refractivity contribution is -0.132. The van der Waals surface area contributed by atoms with Gasteiger partial charge < -0.3 is 10.6 Å². The van der Waals surface area contributed by atoms with Gasteiger partial charge in [0.15, 0.2) is 0 Å². The molecule has 112 valence electrons. The number of piperazine rings is 1. The highest BCUT2D eigenvalue weighted by molar-refractivity contribution is 7.99. The van der Waals surface area contributed by atoms with Gasteiger partial charge in [-0.2, -0.15) is 11.8 Å². The van der Waals surface area contributed by atoms with Gasteiger partial charge in [0.2, 0.25) is 5.91 Å². The molecule has 1 aliphatic rings. The Morgan fingerprint density at radius 2 is 2.05 bits per heavy atom. The smallest absolute Gasteiger partial charge is 0.240 e. The van der Waals surface area contributed by atoms with Crippen molar-refractivity contribution in [3.63, 3.8) is 0 Å². The summed E-state index contributed by atoms with van der Waals surface area (Å²) in [4.78, 5) is 14.7. The molecular weight excluding hydrogens is 258 g/mol. The monoisotopic (exact) mass is 287 g/mol. The van der Waals surface area contributed by atoms with E-state index in [-0.39, 0.29) is 11.9 Å². The molecule has 5 heteroatoms. The highest BCUT2D eigenvalue weighted by Gasteiger charge is 2.35. The summed E-state index contributed by atoms with van der Waals surface area (Å²) in [5.41, 5.74) is -0.408. The van der Waals surface area contributed by atoms with Crippen LogP contribution in [0.3, 0.4) is 0 Å². The lowest BCUT2D eigenvalue weighted by Gasteiger charge is -2.40. The fourth-order valence-corrected chi connectivity index (χ4v) is 3.05. The minimum absolute atomic E-state index is 0.156. The average molecular weight is 287 g/mol. The van der Waals surface area contributed by atoms with Crippen molar-refractivity contribution in [3.05, 3.63) is 0 Å². The summed E-state index contributed by atoms with van der Waals surface area (Å²) in [6, 6.07) is 0.258. The van der Waals surface area contributed by atoms with Gasteiger partial charge in [0.05, 0.1) is 5.54 Å². The van der Waals surface area contributed by atoms with Gasteiger partial charge in [-0.25, -0.2) is 0 Å². The van der Waals surface area contributed by atoms with Crippen molar-refractivity contribution in [3.8, 4) is 0 Å². The van der Waals surface area contributed by atoms with Crippen LogP contribution in [-0.4, -0.2) is 60.1 Å². The summed E-state index contributed by atoms with van der Waals surface area (Å²) < 4.78 is 0. The second-order valence-electron chi connectivity index (χ2n) is 5.66. The molecule has 0 radical (unpaired) electrons. The molecule has 1 atom stereocenters. The number of carbonyl (C=O) groups is 1. The van der Waals surface area contributed by atoms with Crippen LogP contribution in [0.15, 0.2) is 0 Å². The van der Waals surface area contributed by atoms with Gasteiger partial charge in [0.25, 0.3) is 0 Å². The van der Waals surface area contributed by atoms with Crippen LogP contribution >= 0.6 is 11.8 Å². The molecule has 2 N–H and O–H groups in total. The van der Waals surface area contributed by atoms with Gasteiger partial charge in [0, 0.05) is 32.2 Å². The number of amides is 1. The molecule has 0 bridgehead atoms. The third kappa shape index (κ3) is 5.32. The number of nitrogens with one attached hydrogen (secondary N) is 2. The molecule has 1 rings (SSSR count). The first-order valence-corrected chi connectivity index (χ1v) is 8.48. The fourth-order valence-electron chi connectivity index (χ4n) is 2.24. The second kappa shape index (κ2) is 8.12. The zero-order chi connectivity index (χ0) is 14.3. The van der Waals surface area contributed by atoms with E-state index in [2.05, 4.69) is 29.4 Å². The first-order chi connectivity index (χ1) is 8.98. The van der Waals surface area contributed by atoms with Crippen molar-refractivity contribution in [1.82, 2.24) is 15.5 Å². The molecule has 1 saturated heterocycles. The molecule has 0 aromatic heterocycles. The first kappa shape index (κ1) is 16.8. The zero-order valence-electron chi connectivity index (χ0n) is 12.8. The van der Waals surface area contributed by atoms with Gasteiger partial charge >= 0.3 is 0 Å². The van der Waals surface area contributed by atoms with Crippen molar-refractivity contribution < 1.29 is 4.79 Å². The van der Waals surface area contributed by atoms with Crippen LogP contribution in [-0.2, 0) is 4.79 Å². The van der Waals surface area contributed by atoms with Gasteiger partial charge in [-0.15, -0.1) is 0 Å². The van der Waals surface area contributed by atoms with E-state index in [0.29, 0.717) is 0 Å². The van der Waals surface area contributed by atoms with E-state index in [4.69, 9.17) is 0 Å². The number of nitrogens with zero attached hydrogens (tertiary/aromatic N) is 1. The van der Waals surface area contributed by atoms with Crippen LogP contribution in [0.4, 0.5) is 0 Å². The third-order valence-corrected chi connectivity index (χ3v) is 4.67. The Labute approximate surface area is 122 Å². The summed E-state index contributed by atoms with van der Waals surface area (Å²) in [5.74, 6) is 2.42. The summed E-state index contributed by atoms with van der Waals surface area (Å²) in [5, 5.41) is 6.49. The van der Waals surface area contributed by atoms with E-state index in [1.54, 1.807) is 0 Å². The van der Waals surface area contributed by atoms with Crippen molar-refractivity contribution in [2.24, 2.45) is 0 Å². The molecule has 0 saturated carbocycles. The normalized spacial score (nSPS) is 19.2. The Morgan fingerprint density at radius 3 is 2.63 bits per heavy atom. The number of carbonyl (C=O) groups excluding carboxylic acids is 1. The van der Waals surface area contributed by atoms with Crippen LogP contribution in [0.1, 0.15) is 34.1 Å². The van der Waals surface area contributed by atoms with Crippen molar-refractivity contribution in [2.45, 2.75) is 45.7 Å². The van der Waals surface area contributed by atoms with E-state index < -0.39 is 5.54 Å². The minimum Gasteiger partial charge on any atom is -0.352 e. The molecule has 19 heavy (non-hydrogen) atoms. The van der Waals surface area contributed by atoms with E-state index in [9.17, 15) is 4.79 Å². The first-order valence-electron chi connectivity index (χ1n) is 7.33. The summed E-state index contributed by atoms with van der Waals surface area (Å²) in [6.45, 7) is 12.2. The van der Waals surface area contributed by atoms with E-state index >= 15 is 0 Å². The van der Waals surface area contributed by atoms with Crippen molar-refractivity contribution >= 4 is 17.7 Å². The Bertz CT molecular complexity index is 278. The van der Waals surface area contributed by atoms with Gasteiger partial charge in [0.1, 0.15) is 0 Å². The molecule has 1 aliphatic heterocycles. The van der Waals surface area contributed by atoms with Crippen LogP contribution in [0, 0.1) is 0 Å². The molecular formula is C14H29N3OS. The van der Waals surface area contributed by atoms with Crippen molar-refractivity contribution in [1.29, 1.82) is 0 Å². The molecule has 0 spiro atoms.